The molecule has 0 spiro atoms. The van der Waals surface area contributed by atoms with Gasteiger partial charge in [0.1, 0.15) is 17.5 Å². The molecule has 0 saturated carbocycles. The summed E-state index contributed by atoms with van der Waals surface area (Å²) in [6.07, 6.45) is -0.126. The molecule has 24 heavy (non-hydrogen) atoms. The first-order chi connectivity index (χ1) is 11.6. The number of hydrogen-bond acceptors (Lipinski definition) is 4. The van der Waals surface area contributed by atoms with E-state index < -0.39 is 17.7 Å². The first-order valence-electron chi connectivity index (χ1n) is 7.31. The first kappa shape index (κ1) is 17.2. The van der Waals surface area contributed by atoms with Gasteiger partial charge in [0.15, 0.2) is 5.78 Å². The van der Waals surface area contributed by atoms with Crippen molar-refractivity contribution in [3.8, 4) is 17.9 Å². The van der Waals surface area contributed by atoms with E-state index >= 15 is 0 Å². The summed E-state index contributed by atoms with van der Waals surface area (Å²) >= 11 is 0. The monoisotopic (exact) mass is 322 g/mol. The average Bonchev–Trinajstić information content (AvgIpc) is 2.62. The van der Waals surface area contributed by atoms with E-state index in [0.29, 0.717) is 11.3 Å². The smallest absolute Gasteiger partial charge is 0.163 e. The number of Topliss-reactive ketones (excluding diaryl/α,β-unsaturated/α-hetero) is 1. The molecule has 1 unspecified atom stereocenters. The lowest BCUT2D eigenvalue weighted by Crippen LogP contribution is -2.16. The molecule has 0 bridgehead atoms. The molecular formula is C19H15FN2O2. The third-order valence-electron chi connectivity index (χ3n) is 3.80. The van der Waals surface area contributed by atoms with Crippen molar-refractivity contribution in [2.45, 2.75) is 12.3 Å². The molecule has 0 aliphatic rings. The number of ether oxygens (including phenoxy) is 1. The molecule has 120 valence electrons. The highest BCUT2D eigenvalue weighted by atomic mass is 19.1. The van der Waals surface area contributed by atoms with Gasteiger partial charge in [0.25, 0.3) is 0 Å². The van der Waals surface area contributed by atoms with Crippen LogP contribution in [0.2, 0.25) is 0 Å². The van der Waals surface area contributed by atoms with Gasteiger partial charge >= 0.3 is 0 Å². The molecule has 0 aliphatic carbocycles. The molecule has 0 radical (unpaired) electrons. The van der Waals surface area contributed by atoms with Crippen molar-refractivity contribution in [3.63, 3.8) is 0 Å². The van der Waals surface area contributed by atoms with E-state index in [1.165, 1.54) is 25.3 Å². The second-order valence-electron chi connectivity index (χ2n) is 5.22. The Labute approximate surface area is 139 Å². The zero-order valence-electron chi connectivity index (χ0n) is 13.1. The van der Waals surface area contributed by atoms with Crippen LogP contribution < -0.4 is 4.74 Å². The summed E-state index contributed by atoms with van der Waals surface area (Å²) in [5.41, 5.74) is 0.624. The minimum absolute atomic E-state index is 0.126. The van der Waals surface area contributed by atoms with Gasteiger partial charge in [0.05, 0.1) is 19.2 Å². The van der Waals surface area contributed by atoms with Crippen molar-refractivity contribution in [3.05, 3.63) is 65.5 Å². The van der Waals surface area contributed by atoms with E-state index in [1.807, 2.05) is 12.1 Å². The maximum absolute atomic E-state index is 14.1. The summed E-state index contributed by atoms with van der Waals surface area (Å²) in [5.74, 6) is -2.11. The van der Waals surface area contributed by atoms with E-state index in [0.717, 1.165) is 0 Å². The zero-order valence-corrected chi connectivity index (χ0v) is 13.1. The van der Waals surface area contributed by atoms with E-state index in [2.05, 4.69) is 0 Å². The topological polar surface area (TPSA) is 73.9 Å². The van der Waals surface area contributed by atoms with E-state index in [4.69, 9.17) is 4.74 Å². The Bertz CT molecular complexity index is 789. The maximum atomic E-state index is 14.1. The van der Waals surface area contributed by atoms with Crippen LogP contribution in [0.3, 0.4) is 0 Å². The second-order valence-corrected chi connectivity index (χ2v) is 5.22. The molecule has 2 aromatic rings. The Morgan fingerprint density at radius 3 is 2.29 bits per heavy atom. The van der Waals surface area contributed by atoms with Gasteiger partial charge in [-0.2, -0.15) is 10.5 Å². The van der Waals surface area contributed by atoms with Crippen LogP contribution in [0.1, 0.15) is 28.3 Å². The minimum Gasteiger partial charge on any atom is -0.497 e. The molecule has 0 aliphatic heterocycles. The zero-order chi connectivity index (χ0) is 17.5. The molecular weight excluding hydrogens is 307 g/mol. The molecule has 0 aromatic heterocycles. The Hall–Kier alpha value is -3.18. The maximum Gasteiger partial charge on any atom is 0.163 e. The first-order valence-corrected chi connectivity index (χ1v) is 7.31. The van der Waals surface area contributed by atoms with Crippen molar-refractivity contribution in [2.24, 2.45) is 5.92 Å². The fraction of sp³-hybridized carbons (Fsp3) is 0.211. The number of rotatable bonds is 6. The van der Waals surface area contributed by atoms with Gasteiger partial charge in [-0.25, -0.2) is 4.39 Å². The highest BCUT2D eigenvalue weighted by molar-refractivity contribution is 5.96. The van der Waals surface area contributed by atoms with Gasteiger partial charge in [-0.15, -0.1) is 0 Å². The van der Waals surface area contributed by atoms with Gasteiger partial charge in [0, 0.05) is 17.9 Å². The summed E-state index contributed by atoms with van der Waals surface area (Å²) in [4.78, 5) is 12.5. The molecule has 0 heterocycles. The standard InChI is InChI=1S/C19H15FN2O2/c1-24-15-8-6-13(7-9-15)19(23)10-17(14(11-21)12-22)16-4-2-3-5-18(16)20/h2-9,14,17H,10H2,1H3. The third-order valence-corrected chi connectivity index (χ3v) is 3.80. The van der Waals surface area contributed by atoms with E-state index in [-0.39, 0.29) is 17.8 Å². The highest BCUT2D eigenvalue weighted by Gasteiger charge is 2.28. The lowest BCUT2D eigenvalue weighted by Gasteiger charge is -2.18. The summed E-state index contributed by atoms with van der Waals surface area (Å²) in [5, 5.41) is 18.4. The molecule has 2 aromatic carbocycles. The molecule has 0 saturated heterocycles. The number of hydrogen-bond donors (Lipinski definition) is 0. The van der Waals surface area contributed by atoms with Crippen molar-refractivity contribution in [1.82, 2.24) is 0 Å². The van der Waals surface area contributed by atoms with Crippen molar-refractivity contribution < 1.29 is 13.9 Å². The van der Waals surface area contributed by atoms with Crippen LogP contribution in [0.4, 0.5) is 4.39 Å². The van der Waals surface area contributed by atoms with Gasteiger partial charge in [-0.05, 0) is 35.9 Å². The number of nitrogens with zero attached hydrogens (tertiary/aromatic N) is 2. The van der Waals surface area contributed by atoms with Crippen LogP contribution in [0.5, 0.6) is 5.75 Å². The highest BCUT2D eigenvalue weighted by Crippen LogP contribution is 2.31. The number of carbonyl (C=O) groups is 1. The van der Waals surface area contributed by atoms with Gasteiger partial charge in [0.2, 0.25) is 0 Å². The fourth-order valence-electron chi connectivity index (χ4n) is 2.49. The summed E-state index contributed by atoms with van der Waals surface area (Å²) in [6, 6.07) is 16.1. The lowest BCUT2D eigenvalue weighted by molar-refractivity contribution is 0.0970. The van der Waals surface area contributed by atoms with Crippen LogP contribution in [0.15, 0.2) is 48.5 Å². The van der Waals surface area contributed by atoms with Gasteiger partial charge < -0.3 is 4.74 Å². The van der Waals surface area contributed by atoms with Crippen LogP contribution in [-0.4, -0.2) is 12.9 Å². The van der Waals surface area contributed by atoms with Gasteiger partial charge in [-0.1, -0.05) is 18.2 Å². The van der Waals surface area contributed by atoms with Crippen molar-refractivity contribution >= 4 is 5.78 Å². The molecule has 0 fully saturated rings. The SMILES string of the molecule is COc1ccc(C(=O)CC(c2ccccc2F)C(C#N)C#N)cc1. The molecule has 2 rings (SSSR count). The van der Waals surface area contributed by atoms with Crippen LogP contribution >= 0.6 is 0 Å². The number of ketones is 1. The molecule has 0 N–H and O–H groups in total. The predicted molar refractivity (Wildman–Crippen MR) is 85.8 cm³/mol. The molecule has 5 heteroatoms. The largest absolute Gasteiger partial charge is 0.497 e. The Morgan fingerprint density at radius 1 is 1.12 bits per heavy atom. The second kappa shape index (κ2) is 7.89. The lowest BCUT2D eigenvalue weighted by atomic mass is 9.82. The Kier molecular flexibility index (Phi) is 5.65. The Balaban J connectivity index is 2.31. The normalized spacial score (nSPS) is 11.4. The average molecular weight is 322 g/mol. The third kappa shape index (κ3) is 3.77. The van der Waals surface area contributed by atoms with Crippen molar-refractivity contribution in [1.29, 1.82) is 10.5 Å². The molecule has 1 atom stereocenters. The Morgan fingerprint density at radius 2 is 1.75 bits per heavy atom. The van der Waals surface area contributed by atoms with Crippen LogP contribution in [0.25, 0.3) is 0 Å². The number of benzene rings is 2. The van der Waals surface area contributed by atoms with E-state index in [1.54, 1.807) is 30.3 Å². The summed E-state index contributed by atoms with van der Waals surface area (Å²) < 4.78 is 19.1. The summed E-state index contributed by atoms with van der Waals surface area (Å²) in [6.45, 7) is 0. The molecule has 0 amide bonds. The minimum atomic E-state index is -1.11. The fourth-order valence-corrected chi connectivity index (χ4v) is 2.49. The molecule has 4 nitrogen and oxygen atoms in total. The van der Waals surface area contributed by atoms with Gasteiger partial charge in [-0.3, -0.25) is 4.79 Å². The predicted octanol–water partition coefficient (Wildman–Crippen LogP) is 3.85. The van der Waals surface area contributed by atoms with E-state index in [9.17, 15) is 19.7 Å². The summed E-state index contributed by atoms with van der Waals surface area (Å²) in [7, 11) is 1.52. The number of halogens is 1. The van der Waals surface area contributed by atoms with Crippen molar-refractivity contribution in [2.75, 3.05) is 7.11 Å². The number of carbonyl (C=O) groups excluding carboxylic acids is 1. The van der Waals surface area contributed by atoms with Crippen LogP contribution in [0, 0.1) is 34.4 Å². The quantitative estimate of drug-likeness (QED) is 0.757. The number of methoxy groups -OCH3 is 1. The number of nitriles is 2. The van der Waals surface area contributed by atoms with Crippen LogP contribution in [-0.2, 0) is 0 Å².